The molecule has 5 aromatic rings. The van der Waals surface area contributed by atoms with Crippen LogP contribution in [0.4, 0.5) is 38.1 Å². The number of rotatable bonds is 5. The van der Waals surface area contributed by atoms with Gasteiger partial charge in [-0.2, -0.15) is 23.1 Å². The van der Waals surface area contributed by atoms with Crippen molar-refractivity contribution in [3.8, 4) is 5.69 Å². The molecule has 1 aromatic carbocycles. The van der Waals surface area contributed by atoms with Gasteiger partial charge in [-0.25, -0.2) is 27.9 Å². The van der Waals surface area contributed by atoms with Crippen molar-refractivity contribution in [2.45, 2.75) is 12.7 Å². The normalized spacial score (nSPS) is 13.7. The van der Waals surface area contributed by atoms with Gasteiger partial charge >= 0.3 is 12.1 Å². The summed E-state index contributed by atoms with van der Waals surface area (Å²) in [5, 5.41) is 10.3. The number of imidazole rings is 2. The SMILES string of the molecule is Fc1cncc(-n2cnc3c(NCc4nc5c(F)c(F)ccc5[nH]4)nc(N4CCOCC4)nc32)c1.O=C(O)C(F)(F)F. The van der Waals surface area contributed by atoms with Gasteiger partial charge in [0.1, 0.15) is 23.5 Å². The first-order valence-electron chi connectivity index (χ1n) is 12.1. The molecule has 1 saturated heterocycles. The van der Waals surface area contributed by atoms with E-state index in [4.69, 9.17) is 19.6 Å². The Bertz CT molecular complexity index is 1750. The summed E-state index contributed by atoms with van der Waals surface area (Å²) in [6.07, 6.45) is -0.939. The van der Waals surface area contributed by atoms with Gasteiger partial charge in [0.2, 0.25) is 5.95 Å². The average Bonchev–Trinajstić information content (AvgIpc) is 3.59. The number of nitrogens with one attached hydrogen (secondary N) is 2. The van der Waals surface area contributed by atoms with Crippen molar-refractivity contribution in [2.75, 3.05) is 36.5 Å². The first-order valence-corrected chi connectivity index (χ1v) is 12.1. The van der Waals surface area contributed by atoms with Crippen LogP contribution in [0, 0.1) is 17.5 Å². The van der Waals surface area contributed by atoms with Crippen LogP contribution in [0.3, 0.4) is 0 Å². The van der Waals surface area contributed by atoms with Gasteiger partial charge in [0.05, 0.1) is 43.4 Å². The van der Waals surface area contributed by atoms with Crippen molar-refractivity contribution in [1.29, 1.82) is 0 Å². The second kappa shape index (κ2) is 11.5. The largest absolute Gasteiger partial charge is 0.490 e. The van der Waals surface area contributed by atoms with Crippen LogP contribution in [0.15, 0.2) is 36.9 Å². The van der Waals surface area contributed by atoms with Crippen LogP contribution in [0.1, 0.15) is 5.82 Å². The minimum absolute atomic E-state index is 0.0773. The molecule has 18 heteroatoms. The predicted octanol–water partition coefficient (Wildman–Crippen LogP) is 3.59. The van der Waals surface area contributed by atoms with Crippen LogP contribution in [0.25, 0.3) is 27.9 Å². The highest BCUT2D eigenvalue weighted by Crippen LogP contribution is 2.26. The molecule has 12 nitrogen and oxygen atoms in total. The maximum atomic E-state index is 14.1. The number of aromatic amines is 1. The molecular weight excluding hydrogens is 576 g/mol. The summed E-state index contributed by atoms with van der Waals surface area (Å²) >= 11 is 0. The number of aliphatic carboxylic acids is 1. The Morgan fingerprint density at radius 3 is 2.50 bits per heavy atom. The Hall–Kier alpha value is -5.00. The lowest BCUT2D eigenvalue weighted by molar-refractivity contribution is -0.192. The number of pyridine rings is 1. The van der Waals surface area contributed by atoms with Gasteiger partial charge in [-0.1, -0.05) is 0 Å². The number of hydrogen-bond donors (Lipinski definition) is 3. The number of carbonyl (C=O) groups is 1. The van der Waals surface area contributed by atoms with Crippen LogP contribution >= 0.6 is 0 Å². The molecule has 6 rings (SSSR count). The summed E-state index contributed by atoms with van der Waals surface area (Å²) in [5.41, 5.74) is 1.66. The number of fused-ring (bicyclic) bond motifs is 2. The van der Waals surface area contributed by atoms with Crippen LogP contribution in [0.5, 0.6) is 0 Å². The van der Waals surface area contributed by atoms with Crippen molar-refractivity contribution in [3.63, 3.8) is 0 Å². The molecule has 1 aliphatic heterocycles. The van der Waals surface area contributed by atoms with Crippen molar-refractivity contribution < 1.29 is 41.0 Å². The van der Waals surface area contributed by atoms with Gasteiger partial charge in [-0.3, -0.25) is 9.55 Å². The summed E-state index contributed by atoms with van der Waals surface area (Å²) < 4.78 is 80.3. The van der Waals surface area contributed by atoms with Gasteiger partial charge in [-0.15, -0.1) is 0 Å². The number of H-pyrrole nitrogens is 1. The highest BCUT2D eigenvalue weighted by Gasteiger charge is 2.38. The van der Waals surface area contributed by atoms with Gasteiger partial charge in [0, 0.05) is 19.2 Å². The molecule has 1 aliphatic rings. The Labute approximate surface area is 231 Å². The topological polar surface area (TPSA) is 147 Å². The highest BCUT2D eigenvalue weighted by molar-refractivity contribution is 5.85. The molecule has 0 unspecified atom stereocenters. The first kappa shape index (κ1) is 28.5. The number of halogens is 6. The van der Waals surface area contributed by atoms with E-state index in [1.54, 1.807) is 4.57 Å². The number of ether oxygens (including phenoxy) is 1. The van der Waals surface area contributed by atoms with Crippen LogP contribution in [0.2, 0.25) is 0 Å². The maximum Gasteiger partial charge on any atom is 0.490 e. The summed E-state index contributed by atoms with van der Waals surface area (Å²) in [4.78, 5) is 35.7. The number of morpholine rings is 1. The average molecular weight is 595 g/mol. The molecule has 0 atom stereocenters. The second-order valence-electron chi connectivity index (χ2n) is 8.72. The zero-order chi connectivity index (χ0) is 30.0. The van der Waals surface area contributed by atoms with E-state index in [9.17, 15) is 26.3 Å². The molecule has 0 amide bonds. The van der Waals surface area contributed by atoms with E-state index in [1.165, 1.54) is 24.7 Å². The van der Waals surface area contributed by atoms with Gasteiger partial charge in [-0.05, 0) is 12.1 Å². The molecule has 0 aliphatic carbocycles. The van der Waals surface area contributed by atoms with E-state index in [2.05, 4.69) is 30.2 Å². The minimum atomic E-state index is -5.08. The monoisotopic (exact) mass is 595 g/mol. The van der Waals surface area contributed by atoms with E-state index >= 15 is 0 Å². The van der Waals surface area contributed by atoms with E-state index in [0.717, 1.165) is 12.3 Å². The molecule has 5 heterocycles. The zero-order valence-electron chi connectivity index (χ0n) is 21.2. The fourth-order valence-electron chi connectivity index (χ4n) is 3.96. The van der Waals surface area contributed by atoms with E-state index < -0.39 is 29.6 Å². The van der Waals surface area contributed by atoms with Gasteiger partial charge in [0.25, 0.3) is 0 Å². The molecule has 4 aromatic heterocycles. The molecule has 0 saturated carbocycles. The van der Waals surface area contributed by atoms with Crippen molar-refractivity contribution in [2.24, 2.45) is 0 Å². The number of carboxylic acid groups (broad SMARTS) is 1. The third kappa shape index (κ3) is 6.02. The summed E-state index contributed by atoms with van der Waals surface area (Å²) in [6.45, 7) is 2.43. The molecule has 0 spiro atoms. The third-order valence-electron chi connectivity index (χ3n) is 5.91. The number of anilines is 2. The zero-order valence-corrected chi connectivity index (χ0v) is 21.2. The lowest BCUT2D eigenvalue weighted by Crippen LogP contribution is -2.37. The summed E-state index contributed by atoms with van der Waals surface area (Å²) in [6, 6.07) is 3.81. The molecule has 3 N–H and O–H groups in total. The minimum Gasteiger partial charge on any atom is -0.475 e. The Morgan fingerprint density at radius 1 is 1.07 bits per heavy atom. The Kier molecular flexibility index (Phi) is 7.79. The van der Waals surface area contributed by atoms with Gasteiger partial charge < -0.3 is 25.0 Å². The fraction of sp³-hybridized carbons (Fsp3) is 0.250. The maximum absolute atomic E-state index is 14.1. The summed E-state index contributed by atoms with van der Waals surface area (Å²) in [5.74, 6) is -3.97. The van der Waals surface area contributed by atoms with Gasteiger partial charge in [0.15, 0.2) is 28.6 Å². The molecule has 0 bridgehead atoms. The van der Waals surface area contributed by atoms with Crippen LogP contribution < -0.4 is 10.2 Å². The third-order valence-corrected chi connectivity index (χ3v) is 5.91. The quantitative estimate of drug-likeness (QED) is 0.258. The Morgan fingerprint density at radius 2 is 1.81 bits per heavy atom. The van der Waals surface area contributed by atoms with E-state index in [1.807, 2.05) is 4.90 Å². The van der Waals surface area contributed by atoms with E-state index in [-0.39, 0.29) is 12.1 Å². The number of carboxylic acids is 1. The standard InChI is InChI=1S/C22H18F3N9O.C2HF3O2/c23-12-7-13(9-26-8-12)34-11-28-19-20(31-22(32-21(19)34)33-3-5-35-6-4-33)27-10-16-29-15-2-1-14(24)17(25)18(15)30-16;3-2(4,5)1(6)7/h1-2,7-9,11H,3-6,10H2,(H,29,30)(H,27,31,32);(H,6,7). The number of benzene rings is 1. The number of hydrogen-bond acceptors (Lipinski definition) is 9. The highest BCUT2D eigenvalue weighted by atomic mass is 19.4. The Balaban J connectivity index is 0.000000451. The number of nitrogens with zero attached hydrogens (tertiary/aromatic N) is 7. The molecule has 220 valence electrons. The van der Waals surface area contributed by atoms with E-state index in [0.29, 0.717) is 66.3 Å². The van der Waals surface area contributed by atoms with Crippen molar-refractivity contribution in [1.82, 2.24) is 34.5 Å². The lowest BCUT2D eigenvalue weighted by Gasteiger charge is -2.27. The molecule has 42 heavy (non-hydrogen) atoms. The fourth-order valence-corrected chi connectivity index (χ4v) is 3.96. The lowest BCUT2D eigenvalue weighted by atomic mass is 10.3. The number of alkyl halides is 3. The van der Waals surface area contributed by atoms with Crippen molar-refractivity contribution in [3.05, 3.63) is 60.2 Å². The molecule has 1 fully saturated rings. The number of aromatic nitrogens is 7. The molecule has 0 radical (unpaired) electrons. The van der Waals surface area contributed by atoms with Crippen molar-refractivity contribution >= 4 is 39.9 Å². The van der Waals surface area contributed by atoms with Crippen LogP contribution in [-0.2, 0) is 16.1 Å². The smallest absolute Gasteiger partial charge is 0.475 e. The second-order valence-corrected chi connectivity index (χ2v) is 8.72. The first-order chi connectivity index (χ1) is 20.0. The predicted molar refractivity (Wildman–Crippen MR) is 134 cm³/mol. The molecular formula is C24H19F6N9O3. The summed E-state index contributed by atoms with van der Waals surface area (Å²) in [7, 11) is 0. The van der Waals surface area contributed by atoms with Crippen LogP contribution in [-0.4, -0.2) is 78.0 Å².